The van der Waals surface area contributed by atoms with Crippen LogP contribution in [0.2, 0.25) is 0 Å². The fourth-order valence-electron chi connectivity index (χ4n) is 2.50. The number of hydrogen-bond donors (Lipinski definition) is 1. The van der Waals surface area contributed by atoms with Crippen LogP contribution in [0.25, 0.3) is 10.8 Å². The van der Waals surface area contributed by atoms with Gasteiger partial charge in [-0.2, -0.15) is 0 Å². The summed E-state index contributed by atoms with van der Waals surface area (Å²) in [5.74, 6) is 0.575. The highest BCUT2D eigenvalue weighted by Gasteiger charge is 2.20. The first-order valence-corrected chi connectivity index (χ1v) is 7.25. The summed E-state index contributed by atoms with van der Waals surface area (Å²) in [4.78, 5) is 12.2. The van der Waals surface area contributed by atoms with Crippen molar-refractivity contribution in [2.75, 3.05) is 20.8 Å². The summed E-state index contributed by atoms with van der Waals surface area (Å²) in [5, 5.41) is 11.8. The van der Waals surface area contributed by atoms with E-state index >= 15 is 0 Å². The average Bonchev–Trinajstić information content (AvgIpc) is 2.56. The number of aromatic hydroxyl groups is 1. The van der Waals surface area contributed by atoms with Crippen LogP contribution in [0.1, 0.15) is 22.8 Å². The maximum Gasteiger partial charge on any atom is 0.338 e. The van der Waals surface area contributed by atoms with Crippen LogP contribution in [0.15, 0.2) is 30.9 Å². The van der Waals surface area contributed by atoms with Crippen LogP contribution in [0.4, 0.5) is 0 Å². The molecule has 0 bridgehead atoms. The van der Waals surface area contributed by atoms with Gasteiger partial charge in [-0.05, 0) is 25.5 Å². The van der Waals surface area contributed by atoms with Crippen LogP contribution < -0.4 is 9.47 Å². The molecule has 0 unspecified atom stereocenters. The smallest absolute Gasteiger partial charge is 0.338 e. The van der Waals surface area contributed by atoms with Gasteiger partial charge < -0.3 is 19.3 Å². The SMILES string of the molecule is C=CCc1c(C(=O)OCC)cc2c(OC)cc(OC)cc2c1O. The van der Waals surface area contributed by atoms with E-state index in [-0.39, 0.29) is 12.4 Å². The molecule has 0 saturated carbocycles. The number of ether oxygens (including phenoxy) is 3. The van der Waals surface area contributed by atoms with Gasteiger partial charge in [-0.3, -0.25) is 0 Å². The fraction of sp³-hybridized carbons (Fsp3) is 0.278. The van der Waals surface area contributed by atoms with Crippen LogP contribution in [-0.4, -0.2) is 31.9 Å². The molecule has 2 aromatic carbocycles. The first-order chi connectivity index (χ1) is 11.1. The molecule has 0 amide bonds. The normalized spacial score (nSPS) is 10.4. The molecule has 0 aromatic heterocycles. The number of benzene rings is 2. The molecular formula is C18H20O5. The van der Waals surface area contributed by atoms with Gasteiger partial charge in [-0.1, -0.05) is 6.08 Å². The van der Waals surface area contributed by atoms with Crippen LogP contribution in [0, 0.1) is 0 Å². The largest absolute Gasteiger partial charge is 0.507 e. The van der Waals surface area contributed by atoms with Crippen molar-refractivity contribution in [1.82, 2.24) is 0 Å². The lowest BCUT2D eigenvalue weighted by Gasteiger charge is -2.15. The minimum absolute atomic E-state index is 0.00246. The number of carbonyl (C=O) groups excluding carboxylic acids is 1. The van der Waals surface area contributed by atoms with E-state index in [1.54, 1.807) is 31.2 Å². The molecule has 0 fully saturated rings. The molecular weight excluding hydrogens is 296 g/mol. The number of fused-ring (bicyclic) bond motifs is 1. The number of phenols is 1. The first-order valence-electron chi connectivity index (χ1n) is 7.25. The first kappa shape index (κ1) is 16.7. The maximum atomic E-state index is 12.2. The summed E-state index contributed by atoms with van der Waals surface area (Å²) in [6.45, 7) is 5.67. The molecule has 1 N–H and O–H groups in total. The molecule has 0 aliphatic rings. The second kappa shape index (κ2) is 7.05. The van der Waals surface area contributed by atoms with E-state index in [1.165, 1.54) is 14.2 Å². The molecule has 0 aliphatic carbocycles. The van der Waals surface area contributed by atoms with Crippen molar-refractivity contribution < 1.29 is 24.1 Å². The van der Waals surface area contributed by atoms with Gasteiger partial charge in [0.2, 0.25) is 0 Å². The number of carbonyl (C=O) groups is 1. The van der Waals surface area contributed by atoms with Crippen LogP contribution in [-0.2, 0) is 11.2 Å². The van der Waals surface area contributed by atoms with E-state index in [2.05, 4.69) is 6.58 Å². The van der Waals surface area contributed by atoms with Crippen molar-refractivity contribution in [2.24, 2.45) is 0 Å². The number of phenolic OH excluding ortho intramolecular Hbond substituents is 1. The Hall–Kier alpha value is -2.69. The number of esters is 1. The second-order valence-corrected chi connectivity index (χ2v) is 4.89. The zero-order valence-electron chi connectivity index (χ0n) is 13.5. The summed E-state index contributed by atoms with van der Waals surface area (Å²) >= 11 is 0. The van der Waals surface area contributed by atoms with Gasteiger partial charge in [-0.15, -0.1) is 6.58 Å². The lowest BCUT2D eigenvalue weighted by atomic mass is 9.96. The Morgan fingerprint density at radius 1 is 1.22 bits per heavy atom. The highest BCUT2D eigenvalue weighted by atomic mass is 16.5. The predicted octanol–water partition coefficient (Wildman–Crippen LogP) is 3.47. The molecule has 0 heterocycles. The summed E-state index contributed by atoms with van der Waals surface area (Å²) in [6.07, 6.45) is 1.97. The van der Waals surface area contributed by atoms with Gasteiger partial charge in [-0.25, -0.2) is 4.79 Å². The molecule has 23 heavy (non-hydrogen) atoms. The Labute approximate surface area is 135 Å². The molecule has 0 saturated heterocycles. The zero-order chi connectivity index (χ0) is 17.0. The van der Waals surface area contributed by atoms with Crippen molar-refractivity contribution in [2.45, 2.75) is 13.3 Å². The number of hydrogen-bond acceptors (Lipinski definition) is 5. The molecule has 5 nitrogen and oxygen atoms in total. The van der Waals surface area contributed by atoms with Crippen molar-refractivity contribution in [3.63, 3.8) is 0 Å². The average molecular weight is 316 g/mol. The van der Waals surface area contributed by atoms with E-state index in [0.29, 0.717) is 39.8 Å². The Morgan fingerprint density at radius 3 is 2.52 bits per heavy atom. The zero-order valence-corrected chi connectivity index (χ0v) is 13.5. The molecule has 0 spiro atoms. The topological polar surface area (TPSA) is 65.0 Å². The third-order valence-corrected chi connectivity index (χ3v) is 3.57. The number of methoxy groups -OCH3 is 2. The van der Waals surface area contributed by atoms with Crippen LogP contribution in [0.5, 0.6) is 17.2 Å². The van der Waals surface area contributed by atoms with Gasteiger partial charge in [0.15, 0.2) is 0 Å². The molecule has 2 aromatic rings. The summed E-state index contributed by atoms with van der Waals surface area (Å²) in [7, 11) is 3.06. The van der Waals surface area contributed by atoms with Gasteiger partial charge in [0, 0.05) is 22.4 Å². The van der Waals surface area contributed by atoms with Crippen molar-refractivity contribution in [3.05, 3.63) is 42.0 Å². The van der Waals surface area contributed by atoms with Gasteiger partial charge in [0.05, 0.1) is 26.4 Å². The summed E-state index contributed by atoms with van der Waals surface area (Å²) < 4.78 is 15.7. The van der Waals surface area contributed by atoms with Gasteiger partial charge >= 0.3 is 5.97 Å². The molecule has 122 valence electrons. The minimum Gasteiger partial charge on any atom is -0.507 e. The number of rotatable bonds is 6. The molecule has 0 aliphatic heterocycles. The molecule has 0 radical (unpaired) electrons. The lowest BCUT2D eigenvalue weighted by molar-refractivity contribution is 0.0525. The van der Waals surface area contributed by atoms with Crippen LogP contribution in [0.3, 0.4) is 0 Å². The van der Waals surface area contributed by atoms with Gasteiger partial charge in [0.1, 0.15) is 17.2 Å². The third-order valence-electron chi connectivity index (χ3n) is 3.57. The quantitative estimate of drug-likeness (QED) is 0.653. The third kappa shape index (κ3) is 3.08. The highest BCUT2D eigenvalue weighted by molar-refractivity contribution is 6.03. The van der Waals surface area contributed by atoms with E-state index in [1.807, 2.05) is 0 Å². The lowest BCUT2D eigenvalue weighted by Crippen LogP contribution is -2.08. The highest BCUT2D eigenvalue weighted by Crippen LogP contribution is 2.40. The van der Waals surface area contributed by atoms with Crippen molar-refractivity contribution in [1.29, 1.82) is 0 Å². The van der Waals surface area contributed by atoms with E-state index in [0.717, 1.165) is 0 Å². The minimum atomic E-state index is -0.487. The van der Waals surface area contributed by atoms with Crippen LogP contribution >= 0.6 is 0 Å². The van der Waals surface area contributed by atoms with Crippen molar-refractivity contribution >= 4 is 16.7 Å². The summed E-state index contributed by atoms with van der Waals surface area (Å²) in [6, 6.07) is 5.07. The second-order valence-electron chi connectivity index (χ2n) is 4.89. The molecule has 5 heteroatoms. The summed E-state index contributed by atoms with van der Waals surface area (Å²) in [5.41, 5.74) is 0.779. The van der Waals surface area contributed by atoms with Crippen molar-refractivity contribution in [3.8, 4) is 17.2 Å². The monoisotopic (exact) mass is 316 g/mol. The predicted molar refractivity (Wildman–Crippen MR) is 88.6 cm³/mol. The fourth-order valence-corrected chi connectivity index (χ4v) is 2.50. The molecule has 0 atom stereocenters. The van der Waals surface area contributed by atoms with E-state index in [4.69, 9.17) is 14.2 Å². The van der Waals surface area contributed by atoms with E-state index in [9.17, 15) is 9.90 Å². The van der Waals surface area contributed by atoms with E-state index < -0.39 is 5.97 Å². The van der Waals surface area contributed by atoms with Gasteiger partial charge in [0.25, 0.3) is 0 Å². The Kier molecular flexibility index (Phi) is 5.11. The number of allylic oxidation sites excluding steroid dienone is 1. The molecule has 2 rings (SSSR count). The Morgan fingerprint density at radius 2 is 1.96 bits per heavy atom. The maximum absolute atomic E-state index is 12.2. The standard InChI is InChI=1S/C18H20O5/c1-5-7-12-15(18(20)23-6-2)10-13-14(17(12)19)8-11(21-3)9-16(13)22-4/h5,8-10,19H,1,6-7H2,2-4H3. The Balaban J connectivity index is 2.83. The Bertz CT molecular complexity index is 749.